The van der Waals surface area contributed by atoms with Gasteiger partial charge in [-0.15, -0.1) is 0 Å². The van der Waals surface area contributed by atoms with E-state index < -0.39 is 10.0 Å². The SMILES string of the molecule is O=S(=O)(c1cccc2cnccc12)N1CCCC(CO)C1. The monoisotopic (exact) mass is 306 g/mol. The highest BCUT2D eigenvalue weighted by molar-refractivity contribution is 7.89. The molecule has 0 radical (unpaired) electrons. The second-order valence-electron chi connectivity index (χ2n) is 5.41. The molecule has 1 unspecified atom stereocenters. The van der Waals surface area contributed by atoms with Crippen LogP contribution < -0.4 is 0 Å². The van der Waals surface area contributed by atoms with Crippen molar-refractivity contribution >= 4 is 20.8 Å². The number of piperidine rings is 1. The van der Waals surface area contributed by atoms with Crippen molar-refractivity contribution < 1.29 is 13.5 Å². The zero-order valence-corrected chi connectivity index (χ0v) is 12.5. The molecule has 3 rings (SSSR count). The summed E-state index contributed by atoms with van der Waals surface area (Å²) in [5, 5.41) is 10.8. The molecule has 1 aromatic heterocycles. The third-order valence-electron chi connectivity index (χ3n) is 4.00. The van der Waals surface area contributed by atoms with Gasteiger partial charge in [0.2, 0.25) is 10.0 Å². The molecule has 5 nitrogen and oxygen atoms in total. The molecule has 2 aromatic rings. The van der Waals surface area contributed by atoms with Gasteiger partial charge in [0.15, 0.2) is 0 Å². The van der Waals surface area contributed by atoms with Gasteiger partial charge < -0.3 is 5.11 Å². The van der Waals surface area contributed by atoms with E-state index in [2.05, 4.69) is 4.98 Å². The predicted octanol–water partition coefficient (Wildman–Crippen LogP) is 1.63. The predicted molar refractivity (Wildman–Crippen MR) is 80.3 cm³/mol. The molecule has 0 amide bonds. The fourth-order valence-electron chi connectivity index (χ4n) is 2.85. The number of sulfonamides is 1. The van der Waals surface area contributed by atoms with E-state index in [1.165, 1.54) is 4.31 Å². The molecule has 1 N–H and O–H groups in total. The third-order valence-corrected chi connectivity index (χ3v) is 5.92. The van der Waals surface area contributed by atoms with Gasteiger partial charge in [0, 0.05) is 42.9 Å². The van der Waals surface area contributed by atoms with Crippen molar-refractivity contribution in [3.63, 3.8) is 0 Å². The molecule has 0 bridgehead atoms. The quantitative estimate of drug-likeness (QED) is 0.935. The van der Waals surface area contributed by atoms with Crippen molar-refractivity contribution in [3.8, 4) is 0 Å². The van der Waals surface area contributed by atoms with Gasteiger partial charge in [-0.3, -0.25) is 4.98 Å². The number of aliphatic hydroxyl groups is 1. The second kappa shape index (κ2) is 5.71. The first-order valence-corrected chi connectivity index (χ1v) is 8.50. The van der Waals surface area contributed by atoms with Crippen LogP contribution >= 0.6 is 0 Å². The van der Waals surface area contributed by atoms with Crippen LogP contribution in [-0.2, 0) is 10.0 Å². The summed E-state index contributed by atoms with van der Waals surface area (Å²) in [4.78, 5) is 4.35. The Kier molecular flexibility index (Phi) is 3.93. The van der Waals surface area contributed by atoms with Crippen LogP contribution in [0.25, 0.3) is 10.8 Å². The normalized spacial score (nSPS) is 20.7. The van der Waals surface area contributed by atoms with Gasteiger partial charge in [-0.05, 0) is 30.9 Å². The zero-order valence-electron chi connectivity index (χ0n) is 11.6. The topological polar surface area (TPSA) is 70.5 Å². The lowest BCUT2D eigenvalue weighted by molar-refractivity contribution is 0.165. The lowest BCUT2D eigenvalue weighted by atomic mass is 10.0. The van der Waals surface area contributed by atoms with Gasteiger partial charge in [0.25, 0.3) is 0 Å². The average Bonchev–Trinajstić information content (AvgIpc) is 2.54. The van der Waals surface area contributed by atoms with Crippen molar-refractivity contribution in [3.05, 3.63) is 36.7 Å². The van der Waals surface area contributed by atoms with Crippen molar-refractivity contribution in [1.29, 1.82) is 0 Å². The summed E-state index contributed by atoms with van der Waals surface area (Å²) >= 11 is 0. The number of pyridine rings is 1. The Hall–Kier alpha value is -1.50. The maximum Gasteiger partial charge on any atom is 0.243 e. The Morgan fingerprint density at radius 1 is 1.33 bits per heavy atom. The molecule has 6 heteroatoms. The maximum atomic E-state index is 12.9. The fraction of sp³-hybridized carbons (Fsp3) is 0.400. The molecule has 1 saturated heterocycles. The molecular formula is C15H18N2O3S. The molecule has 21 heavy (non-hydrogen) atoms. The average molecular weight is 306 g/mol. The van der Waals surface area contributed by atoms with E-state index in [9.17, 15) is 13.5 Å². The molecule has 0 saturated carbocycles. The van der Waals surface area contributed by atoms with Gasteiger partial charge >= 0.3 is 0 Å². The van der Waals surface area contributed by atoms with E-state index in [4.69, 9.17) is 0 Å². The van der Waals surface area contributed by atoms with Crippen molar-refractivity contribution in [2.75, 3.05) is 19.7 Å². The Bertz CT molecular complexity index is 740. The molecule has 1 aromatic carbocycles. The zero-order chi connectivity index (χ0) is 14.9. The minimum atomic E-state index is -3.54. The second-order valence-corrected chi connectivity index (χ2v) is 7.31. The van der Waals surface area contributed by atoms with Crippen LogP contribution in [0.3, 0.4) is 0 Å². The molecule has 112 valence electrons. The number of aliphatic hydroxyl groups excluding tert-OH is 1. The number of rotatable bonds is 3. The highest BCUT2D eigenvalue weighted by atomic mass is 32.2. The van der Waals surface area contributed by atoms with Crippen molar-refractivity contribution in [2.45, 2.75) is 17.7 Å². The first-order chi connectivity index (χ1) is 10.1. The van der Waals surface area contributed by atoms with Gasteiger partial charge in [-0.1, -0.05) is 12.1 Å². The summed E-state index contributed by atoms with van der Waals surface area (Å²) in [6.45, 7) is 0.937. The Morgan fingerprint density at radius 3 is 3.00 bits per heavy atom. The third kappa shape index (κ3) is 2.66. The van der Waals surface area contributed by atoms with Crippen LogP contribution in [0.4, 0.5) is 0 Å². The molecule has 1 aliphatic rings. The molecule has 1 fully saturated rings. The largest absolute Gasteiger partial charge is 0.396 e. The number of nitrogens with zero attached hydrogens (tertiary/aromatic N) is 2. The number of fused-ring (bicyclic) bond motifs is 1. The molecule has 1 aliphatic heterocycles. The van der Waals surface area contributed by atoms with Gasteiger partial charge in [0.1, 0.15) is 0 Å². The van der Waals surface area contributed by atoms with Crippen LogP contribution in [0.2, 0.25) is 0 Å². The van der Waals surface area contributed by atoms with Gasteiger partial charge in [0.05, 0.1) is 4.90 Å². The smallest absolute Gasteiger partial charge is 0.243 e. The summed E-state index contributed by atoms with van der Waals surface area (Å²) in [7, 11) is -3.54. The standard InChI is InChI=1S/C15H18N2O3S/c18-11-12-3-2-8-17(10-12)21(19,20)15-5-1-4-13-9-16-7-6-14(13)15/h1,4-7,9,12,18H,2-3,8,10-11H2. The number of hydrogen-bond donors (Lipinski definition) is 1. The lowest BCUT2D eigenvalue weighted by Crippen LogP contribution is -2.40. The first-order valence-electron chi connectivity index (χ1n) is 7.06. The molecule has 0 aliphatic carbocycles. The molecule has 0 spiro atoms. The minimum absolute atomic E-state index is 0.0326. The summed E-state index contributed by atoms with van der Waals surface area (Å²) in [6.07, 6.45) is 4.94. The van der Waals surface area contributed by atoms with E-state index in [1.807, 2.05) is 6.07 Å². The van der Waals surface area contributed by atoms with Crippen LogP contribution in [0.15, 0.2) is 41.6 Å². The highest BCUT2D eigenvalue weighted by Crippen LogP contribution is 2.28. The fourth-order valence-corrected chi connectivity index (χ4v) is 4.62. The van der Waals surface area contributed by atoms with Gasteiger partial charge in [-0.25, -0.2) is 8.42 Å². The summed E-state index contributed by atoms with van der Waals surface area (Å²) in [6, 6.07) is 6.97. The first kappa shape index (κ1) is 14.4. The molecule has 2 heterocycles. The molecule has 1 atom stereocenters. The number of benzene rings is 1. The van der Waals surface area contributed by atoms with E-state index in [-0.39, 0.29) is 12.5 Å². The van der Waals surface area contributed by atoms with Crippen molar-refractivity contribution in [2.24, 2.45) is 5.92 Å². The van der Waals surface area contributed by atoms with E-state index >= 15 is 0 Å². The van der Waals surface area contributed by atoms with Crippen LogP contribution in [0.1, 0.15) is 12.8 Å². The van der Waals surface area contributed by atoms with Crippen molar-refractivity contribution in [1.82, 2.24) is 9.29 Å². The summed E-state index contributed by atoms with van der Waals surface area (Å²) in [5.74, 6) is 0.0326. The Balaban J connectivity index is 2.04. The highest BCUT2D eigenvalue weighted by Gasteiger charge is 2.30. The summed E-state index contributed by atoms with van der Waals surface area (Å²) in [5.41, 5.74) is 0. The van der Waals surface area contributed by atoms with Crippen LogP contribution in [0, 0.1) is 5.92 Å². The van der Waals surface area contributed by atoms with E-state index in [1.54, 1.807) is 30.6 Å². The van der Waals surface area contributed by atoms with E-state index in [0.717, 1.165) is 18.2 Å². The number of aromatic nitrogens is 1. The Morgan fingerprint density at radius 2 is 2.19 bits per heavy atom. The Labute approximate surface area is 124 Å². The number of hydrogen-bond acceptors (Lipinski definition) is 4. The van der Waals surface area contributed by atoms with E-state index in [0.29, 0.717) is 23.4 Å². The molecular weight excluding hydrogens is 288 g/mol. The lowest BCUT2D eigenvalue weighted by Gasteiger charge is -2.31. The maximum absolute atomic E-state index is 12.9. The summed E-state index contributed by atoms with van der Waals surface area (Å²) < 4.78 is 27.3. The minimum Gasteiger partial charge on any atom is -0.396 e. The van der Waals surface area contributed by atoms with Crippen LogP contribution in [0.5, 0.6) is 0 Å². The van der Waals surface area contributed by atoms with Gasteiger partial charge in [-0.2, -0.15) is 4.31 Å². The van der Waals surface area contributed by atoms with Crippen LogP contribution in [-0.4, -0.2) is 42.5 Å².